The van der Waals surface area contributed by atoms with Crippen LogP contribution in [0.15, 0.2) is 91.0 Å². The quantitative estimate of drug-likeness (QED) is 0.222. The van der Waals surface area contributed by atoms with Gasteiger partial charge in [-0.15, -0.1) is 0 Å². The van der Waals surface area contributed by atoms with Crippen molar-refractivity contribution in [3.8, 4) is 0 Å². The molecule has 230 valence electrons. The third-order valence-corrected chi connectivity index (χ3v) is 12.7. The lowest BCUT2D eigenvalue weighted by molar-refractivity contribution is -0.0253. The van der Waals surface area contributed by atoms with Crippen LogP contribution < -0.4 is 10.4 Å². The number of benzene rings is 3. The Kier molecular flexibility index (Phi) is 9.76. The highest BCUT2D eigenvalue weighted by Crippen LogP contribution is 2.39. The fraction of sp³-hybridized carbons (Fsp3) is 0.412. The van der Waals surface area contributed by atoms with Crippen LogP contribution in [-0.4, -0.2) is 62.6 Å². The van der Waals surface area contributed by atoms with Gasteiger partial charge in [0.05, 0.1) is 30.7 Å². The highest BCUT2D eigenvalue weighted by molar-refractivity contribution is 6.99. The maximum atomic E-state index is 15.0. The maximum absolute atomic E-state index is 15.0. The second-order valence-corrected chi connectivity index (χ2v) is 17.2. The molecule has 1 fully saturated rings. The van der Waals surface area contributed by atoms with Crippen molar-refractivity contribution in [3.05, 3.63) is 96.6 Å². The zero-order valence-electron chi connectivity index (χ0n) is 25.6. The van der Waals surface area contributed by atoms with Crippen molar-refractivity contribution in [2.24, 2.45) is 5.92 Å². The van der Waals surface area contributed by atoms with Gasteiger partial charge in [0, 0.05) is 0 Å². The molecule has 1 aliphatic heterocycles. The third kappa shape index (κ3) is 7.16. The molecule has 0 spiro atoms. The van der Waals surface area contributed by atoms with E-state index in [2.05, 4.69) is 20.8 Å². The van der Waals surface area contributed by atoms with Gasteiger partial charge in [-0.3, -0.25) is 4.90 Å². The summed E-state index contributed by atoms with van der Waals surface area (Å²) in [5.74, 6) is -2.22. The summed E-state index contributed by atoms with van der Waals surface area (Å²) in [6, 6.07) is 26.8. The Hall–Kier alpha value is -3.56. The van der Waals surface area contributed by atoms with E-state index in [9.17, 15) is 18.4 Å². The molecular weight excluding hydrogens is 568 g/mol. The van der Waals surface area contributed by atoms with Crippen LogP contribution in [0.5, 0.6) is 0 Å². The molecule has 0 aliphatic carbocycles. The van der Waals surface area contributed by atoms with E-state index in [1.54, 1.807) is 51.1 Å². The summed E-state index contributed by atoms with van der Waals surface area (Å²) in [5.41, 5.74) is -0.620. The second kappa shape index (κ2) is 13.0. The number of ether oxygens (including phenoxy) is 2. The molecule has 3 aromatic carbocycles. The van der Waals surface area contributed by atoms with Gasteiger partial charge in [-0.05, 0) is 48.3 Å². The van der Waals surface area contributed by atoms with Gasteiger partial charge in [0.15, 0.2) is 0 Å². The lowest BCUT2D eigenvalue weighted by Crippen LogP contribution is -2.67. The minimum absolute atomic E-state index is 0.194. The van der Waals surface area contributed by atoms with Crippen LogP contribution in [0.4, 0.5) is 13.6 Å². The molecule has 6 nitrogen and oxygen atoms in total. The fourth-order valence-corrected chi connectivity index (χ4v) is 10.4. The van der Waals surface area contributed by atoms with Gasteiger partial charge in [-0.2, -0.15) is 0 Å². The first-order valence-corrected chi connectivity index (χ1v) is 16.4. The van der Waals surface area contributed by atoms with Gasteiger partial charge < -0.3 is 13.9 Å². The number of esters is 1. The molecule has 3 aromatic rings. The van der Waals surface area contributed by atoms with Crippen molar-refractivity contribution in [1.29, 1.82) is 0 Å². The van der Waals surface area contributed by atoms with Gasteiger partial charge in [-0.25, -0.2) is 18.4 Å². The normalized spacial score (nSPS) is 19.4. The van der Waals surface area contributed by atoms with E-state index in [0.29, 0.717) is 0 Å². The van der Waals surface area contributed by atoms with Crippen molar-refractivity contribution in [2.45, 2.75) is 70.8 Å². The standard InChI is InChI=1S/C34H41F2NO5Si/c1-33(2,3)42-32(39)37-22-28(41-31(38)24-16-10-7-11-17-24)29(30(35)36)27(37)23-40-43(34(4,5)6,25-18-12-8-13-19-25)26-20-14-9-15-21-26/h7-21,27-30H,22-23H2,1-6H3/t27-,28+,29+/m1/s1. The topological polar surface area (TPSA) is 65.1 Å². The Balaban J connectivity index is 1.76. The zero-order chi connectivity index (χ0) is 31.4. The Morgan fingerprint density at radius 2 is 1.33 bits per heavy atom. The molecule has 1 saturated heterocycles. The summed E-state index contributed by atoms with van der Waals surface area (Å²) < 4.78 is 48.2. The van der Waals surface area contributed by atoms with Gasteiger partial charge in [-0.1, -0.05) is 99.6 Å². The second-order valence-electron chi connectivity index (χ2n) is 12.9. The van der Waals surface area contributed by atoms with Crippen LogP contribution in [0.25, 0.3) is 0 Å². The summed E-state index contributed by atoms with van der Waals surface area (Å²) in [7, 11) is -3.13. The zero-order valence-corrected chi connectivity index (χ0v) is 26.6. The van der Waals surface area contributed by atoms with E-state index < -0.39 is 55.5 Å². The number of halogens is 2. The molecule has 3 atom stereocenters. The molecule has 0 aromatic heterocycles. The average Bonchev–Trinajstić information content (AvgIpc) is 3.32. The van der Waals surface area contributed by atoms with E-state index in [-0.39, 0.29) is 18.7 Å². The van der Waals surface area contributed by atoms with Gasteiger partial charge in [0.2, 0.25) is 6.43 Å². The molecule has 0 radical (unpaired) electrons. The van der Waals surface area contributed by atoms with Crippen LogP contribution in [-0.2, 0) is 13.9 Å². The van der Waals surface area contributed by atoms with E-state index in [4.69, 9.17) is 13.9 Å². The van der Waals surface area contributed by atoms with E-state index in [1.807, 2.05) is 60.7 Å². The van der Waals surface area contributed by atoms with Crippen molar-refractivity contribution >= 4 is 30.8 Å². The highest BCUT2D eigenvalue weighted by Gasteiger charge is 2.55. The van der Waals surface area contributed by atoms with Crippen LogP contribution >= 0.6 is 0 Å². The number of nitrogens with zero attached hydrogens (tertiary/aromatic N) is 1. The van der Waals surface area contributed by atoms with Crippen LogP contribution in [0.3, 0.4) is 0 Å². The minimum Gasteiger partial charge on any atom is -0.456 e. The summed E-state index contributed by atoms with van der Waals surface area (Å²) in [6.07, 6.45) is -4.91. The van der Waals surface area contributed by atoms with Crippen LogP contribution in [0, 0.1) is 5.92 Å². The first kappa shape index (κ1) is 32.4. The summed E-state index contributed by atoms with van der Waals surface area (Å²) in [5, 5.41) is 1.55. The Bertz CT molecular complexity index is 1320. The molecule has 0 unspecified atom stereocenters. The molecule has 9 heteroatoms. The fourth-order valence-electron chi connectivity index (χ4n) is 5.84. The van der Waals surface area contributed by atoms with Gasteiger partial charge >= 0.3 is 12.1 Å². The Morgan fingerprint density at radius 3 is 1.77 bits per heavy atom. The number of hydrogen-bond donors (Lipinski definition) is 0. The predicted molar refractivity (Wildman–Crippen MR) is 165 cm³/mol. The molecule has 1 heterocycles. The van der Waals surface area contributed by atoms with E-state index in [1.165, 1.54) is 4.90 Å². The van der Waals surface area contributed by atoms with Crippen LogP contribution in [0.2, 0.25) is 5.04 Å². The largest absolute Gasteiger partial charge is 0.456 e. The van der Waals surface area contributed by atoms with Gasteiger partial charge in [0.25, 0.3) is 8.32 Å². The summed E-state index contributed by atoms with van der Waals surface area (Å²) in [6.45, 7) is 11.0. The lowest BCUT2D eigenvalue weighted by atomic mass is 9.99. The Morgan fingerprint density at radius 1 is 0.837 bits per heavy atom. The first-order chi connectivity index (χ1) is 20.2. The molecule has 4 rings (SSSR count). The number of carbonyl (C=O) groups is 2. The smallest absolute Gasteiger partial charge is 0.410 e. The summed E-state index contributed by atoms with van der Waals surface area (Å²) >= 11 is 0. The number of amides is 1. The van der Waals surface area contributed by atoms with Gasteiger partial charge in [0.1, 0.15) is 11.7 Å². The van der Waals surface area contributed by atoms with Crippen molar-refractivity contribution in [2.75, 3.05) is 13.2 Å². The minimum atomic E-state index is -3.13. The number of hydrogen-bond acceptors (Lipinski definition) is 5. The number of carbonyl (C=O) groups excluding carboxylic acids is 2. The molecule has 0 N–H and O–H groups in total. The Labute approximate surface area is 254 Å². The van der Waals surface area contributed by atoms with Crippen molar-refractivity contribution in [3.63, 3.8) is 0 Å². The molecule has 1 aliphatic rings. The molecule has 0 bridgehead atoms. The van der Waals surface area contributed by atoms with Crippen molar-refractivity contribution in [1.82, 2.24) is 4.90 Å². The number of likely N-dealkylation sites (tertiary alicyclic amines) is 1. The third-order valence-electron chi connectivity index (χ3n) is 7.72. The van der Waals surface area contributed by atoms with Crippen LogP contribution in [0.1, 0.15) is 51.9 Å². The molecule has 43 heavy (non-hydrogen) atoms. The molecule has 0 saturated carbocycles. The lowest BCUT2D eigenvalue weighted by Gasteiger charge is -2.44. The maximum Gasteiger partial charge on any atom is 0.410 e. The first-order valence-electron chi connectivity index (χ1n) is 14.5. The monoisotopic (exact) mass is 609 g/mol. The van der Waals surface area contributed by atoms with Crippen molar-refractivity contribution < 1.29 is 32.3 Å². The number of rotatable bonds is 8. The highest BCUT2D eigenvalue weighted by atomic mass is 28.4. The summed E-state index contributed by atoms with van der Waals surface area (Å²) in [4.78, 5) is 27.7. The average molecular weight is 610 g/mol. The predicted octanol–water partition coefficient (Wildman–Crippen LogP) is 6.29. The molecular formula is C34H41F2NO5Si. The SMILES string of the molecule is CC(C)(C)OC(=O)N1C[C@H](OC(=O)c2ccccc2)[C@@H](C(F)F)[C@H]1CO[Si](c1ccccc1)(c1ccccc1)C(C)(C)C. The van der Waals surface area contributed by atoms with E-state index in [0.717, 1.165) is 10.4 Å². The van der Waals surface area contributed by atoms with E-state index >= 15 is 0 Å². The number of alkyl halides is 2. The molecule has 1 amide bonds.